The van der Waals surface area contributed by atoms with Crippen molar-refractivity contribution in [1.82, 2.24) is 0 Å². The van der Waals surface area contributed by atoms with Crippen LogP contribution in [0.4, 0.5) is 13.2 Å². The number of hydrogen-bond donors (Lipinski definition) is 0. The number of rotatable bonds is 2. The number of carbonyl (C=O) groups excluding carboxylic acids is 1. The predicted octanol–water partition coefficient (Wildman–Crippen LogP) is 5.30. The van der Waals surface area contributed by atoms with Crippen molar-refractivity contribution in [2.45, 2.75) is 37.8 Å². The second kappa shape index (κ2) is 6.90. The van der Waals surface area contributed by atoms with Gasteiger partial charge in [-0.3, -0.25) is 4.79 Å². The minimum absolute atomic E-state index is 0.0949. The molecule has 0 saturated heterocycles. The molecule has 0 heterocycles. The van der Waals surface area contributed by atoms with Gasteiger partial charge in [0.05, 0.1) is 13.5 Å². The third kappa shape index (κ3) is 3.86. The van der Waals surface area contributed by atoms with Gasteiger partial charge in [-0.15, -0.1) is 0 Å². The van der Waals surface area contributed by atoms with Crippen molar-refractivity contribution in [2.24, 2.45) is 0 Å². The first-order valence-electron chi connectivity index (χ1n) is 8.25. The molecule has 1 aliphatic carbocycles. The molecule has 5 heteroatoms. The van der Waals surface area contributed by atoms with Gasteiger partial charge in [-0.1, -0.05) is 30.3 Å². The molecular weight excluding hydrogens is 329 g/mol. The number of hydrogen-bond acceptors (Lipinski definition) is 2. The number of Topliss-reactive ketones (excluding diaryl/α,β-unsaturated/α-hetero) is 1. The van der Waals surface area contributed by atoms with Crippen molar-refractivity contribution < 1.29 is 22.7 Å². The second-order valence-electron chi connectivity index (χ2n) is 6.30. The first-order chi connectivity index (χ1) is 11.9. The largest absolute Gasteiger partial charge is 0.497 e. The molecule has 1 atom stereocenters. The fourth-order valence-corrected chi connectivity index (χ4v) is 3.51. The van der Waals surface area contributed by atoms with E-state index < -0.39 is 18.5 Å². The Morgan fingerprint density at radius 1 is 1.08 bits per heavy atom. The number of halogens is 3. The van der Waals surface area contributed by atoms with Gasteiger partial charge in [-0.2, -0.15) is 13.2 Å². The molecule has 0 aliphatic heterocycles. The van der Waals surface area contributed by atoms with Crippen LogP contribution in [0.3, 0.4) is 0 Å². The van der Waals surface area contributed by atoms with Crippen LogP contribution < -0.4 is 4.74 Å². The number of methoxy groups -OCH3 is 1. The molecule has 0 amide bonds. The minimum Gasteiger partial charge on any atom is -0.497 e. The molecule has 0 saturated carbocycles. The van der Waals surface area contributed by atoms with E-state index in [1.807, 2.05) is 0 Å². The maximum atomic E-state index is 13.3. The Hall–Kier alpha value is -2.30. The van der Waals surface area contributed by atoms with Gasteiger partial charge in [0.1, 0.15) is 5.75 Å². The topological polar surface area (TPSA) is 26.3 Å². The molecule has 0 radical (unpaired) electrons. The van der Waals surface area contributed by atoms with Crippen LogP contribution in [0.2, 0.25) is 0 Å². The average Bonchev–Trinajstić information content (AvgIpc) is 2.63. The van der Waals surface area contributed by atoms with E-state index in [0.29, 0.717) is 41.7 Å². The lowest BCUT2D eigenvalue weighted by molar-refractivity contribution is -0.136. The zero-order valence-corrected chi connectivity index (χ0v) is 13.9. The third-order valence-electron chi connectivity index (χ3n) is 4.65. The second-order valence-corrected chi connectivity index (χ2v) is 6.30. The summed E-state index contributed by atoms with van der Waals surface area (Å²) in [4.78, 5) is 12.5. The van der Waals surface area contributed by atoms with Gasteiger partial charge in [0.15, 0.2) is 5.78 Å². The molecule has 0 aromatic heterocycles. The lowest BCUT2D eigenvalue weighted by atomic mass is 9.82. The molecule has 2 nitrogen and oxygen atoms in total. The Morgan fingerprint density at radius 3 is 2.56 bits per heavy atom. The van der Waals surface area contributed by atoms with Crippen LogP contribution in [0.1, 0.15) is 52.2 Å². The Balaban J connectivity index is 2.20. The van der Waals surface area contributed by atoms with Crippen molar-refractivity contribution in [3.05, 3.63) is 64.7 Å². The lowest BCUT2D eigenvalue weighted by Crippen LogP contribution is -2.18. The highest BCUT2D eigenvalue weighted by Gasteiger charge is 2.36. The van der Waals surface area contributed by atoms with Crippen molar-refractivity contribution in [3.63, 3.8) is 0 Å². The summed E-state index contributed by atoms with van der Waals surface area (Å²) in [6.07, 6.45) is -3.83. The first-order valence-corrected chi connectivity index (χ1v) is 8.25. The summed E-state index contributed by atoms with van der Waals surface area (Å²) >= 11 is 0. The Morgan fingerprint density at radius 2 is 1.84 bits per heavy atom. The van der Waals surface area contributed by atoms with Crippen molar-refractivity contribution >= 4 is 5.78 Å². The summed E-state index contributed by atoms with van der Waals surface area (Å²) in [5.41, 5.74) is 2.30. The molecule has 0 bridgehead atoms. The van der Waals surface area contributed by atoms with Crippen LogP contribution >= 0.6 is 0 Å². The summed E-state index contributed by atoms with van der Waals surface area (Å²) in [6, 6.07) is 11.8. The van der Waals surface area contributed by atoms with Gasteiger partial charge < -0.3 is 4.74 Å². The number of ketones is 1. The number of benzene rings is 2. The van der Waals surface area contributed by atoms with Crippen LogP contribution in [0, 0.1) is 0 Å². The van der Waals surface area contributed by atoms with E-state index in [2.05, 4.69) is 0 Å². The predicted molar refractivity (Wildman–Crippen MR) is 89.2 cm³/mol. The van der Waals surface area contributed by atoms with Crippen LogP contribution in [-0.4, -0.2) is 19.1 Å². The molecule has 1 aliphatic rings. The van der Waals surface area contributed by atoms with Crippen molar-refractivity contribution in [2.75, 3.05) is 7.11 Å². The highest BCUT2D eigenvalue weighted by molar-refractivity contribution is 5.97. The van der Waals surface area contributed by atoms with Gasteiger partial charge in [0, 0.05) is 17.9 Å². The standard InChI is InChI=1S/C20H19F3O2/c1-25-14-9-10-15-13(11-14)5-4-8-19(24)17-7-3-2-6-16(17)18(15)12-20(21,22)23/h2-3,6-7,9-11,18H,4-5,8,12H2,1H3. The quantitative estimate of drug-likeness (QED) is 0.736. The van der Waals surface area contributed by atoms with Crippen molar-refractivity contribution in [1.29, 1.82) is 0 Å². The normalized spacial score (nSPS) is 17.8. The van der Waals surface area contributed by atoms with E-state index in [0.717, 1.165) is 5.56 Å². The number of alkyl halides is 3. The van der Waals surface area contributed by atoms with Crippen LogP contribution in [0.5, 0.6) is 5.75 Å². The summed E-state index contributed by atoms with van der Waals surface area (Å²) in [5.74, 6) is -0.370. The molecule has 25 heavy (non-hydrogen) atoms. The van der Waals surface area contributed by atoms with E-state index in [-0.39, 0.29) is 5.78 Å². The number of fused-ring (bicyclic) bond motifs is 2. The molecule has 2 aromatic rings. The number of carbonyl (C=O) groups is 1. The Labute approximate surface area is 144 Å². The minimum atomic E-state index is -4.33. The smallest absolute Gasteiger partial charge is 0.390 e. The van der Waals surface area contributed by atoms with E-state index in [9.17, 15) is 18.0 Å². The third-order valence-corrected chi connectivity index (χ3v) is 4.65. The molecule has 132 valence electrons. The maximum absolute atomic E-state index is 13.3. The molecule has 3 rings (SSSR count). The van der Waals surface area contributed by atoms with Gasteiger partial charge >= 0.3 is 6.18 Å². The zero-order valence-electron chi connectivity index (χ0n) is 13.9. The van der Waals surface area contributed by atoms with E-state index in [1.54, 1.807) is 42.5 Å². The molecule has 0 fully saturated rings. The fourth-order valence-electron chi connectivity index (χ4n) is 3.51. The van der Waals surface area contributed by atoms with Gasteiger partial charge in [-0.05, 0) is 41.7 Å². The molecule has 0 spiro atoms. The molecule has 0 N–H and O–H groups in total. The Kier molecular flexibility index (Phi) is 4.84. The monoisotopic (exact) mass is 348 g/mol. The van der Waals surface area contributed by atoms with Crippen molar-refractivity contribution in [3.8, 4) is 5.75 Å². The fraction of sp³-hybridized carbons (Fsp3) is 0.350. The highest BCUT2D eigenvalue weighted by Crippen LogP contribution is 2.41. The average molecular weight is 348 g/mol. The zero-order chi connectivity index (χ0) is 18.0. The lowest BCUT2D eigenvalue weighted by Gasteiger charge is -2.24. The maximum Gasteiger partial charge on any atom is 0.390 e. The van der Waals surface area contributed by atoms with E-state index >= 15 is 0 Å². The van der Waals surface area contributed by atoms with Gasteiger partial charge in [0.2, 0.25) is 0 Å². The summed E-state index contributed by atoms with van der Waals surface area (Å²) in [6.45, 7) is 0. The first kappa shape index (κ1) is 17.5. The summed E-state index contributed by atoms with van der Waals surface area (Å²) in [5, 5.41) is 0. The Bertz CT molecular complexity index is 781. The highest BCUT2D eigenvalue weighted by atomic mass is 19.4. The molecule has 1 unspecified atom stereocenters. The van der Waals surface area contributed by atoms with Crippen LogP contribution in [-0.2, 0) is 6.42 Å². The van der Waals surface area contributed by atoms with Gasteiger partial charge in [-0.25, -0.2) is 0 Å². The van der Waals surface area contributed by atoms with Crippen LogP contribution in [0.15, 0.2) is 42.5 Å². The summed E-state index contributed by atoms with van der Waals surface area (Å²) < 4.78 is 45.1. The number of ether oxygens (including phenoxy) is 1. The van der Waals surface area contributed by atoms with Gasteiger partial charge in [0.25, 0.3) is 0 Å². The number of aryl methyl sites for hydroxylation is 1. The van der Waals surface area contributed by atoms with E-state index in [4.69, 9.17) is 4.74 Å². The SMILES string of the molecule is COc1ccc2c(c1)CCCC(=O)c1ccccc1C2CC(F)(F)F. The molecular formula is C20H19F3O2. The summed E-state index contributed by atoms with van der Waals surface area (Å²) in [7, 11) is 1.53. The molecule has 2 aromatic carbocycles. The van der Waals surface area contributed by atoms with E-state index in [1.165, 1.54) is 7.11 Å². The van der Waals surface area contributed by atoms with Crippen LogP contribution in [0.25, 0.3) is 0 Å².